The molecule has 2 heterocycles. The van der Waals surface area contributed by atoms with Crippen molar-refractivity contribution >= 4 is 11.3 Å². The molecule has 15 heavy (non-hydrogen) atoms. The van der Waals surface area contributed by atoms with Crippen molar-refractivity contribution in [1.82, 2.24) is 14.9 Å². The number of nitrogens with zero attached hydrogens (tertiary/aromatic N) is 2. The molecule has 0 saturated carbocycles. The molecule has 0 aromatic carbocycles. The van der Waals surface area contributed by atoms with Gasteiger partial charge in [-0.25, -0.2) is 4.98 Å². The van der Waals surface area contributed by atoms with Gasteiger partial charge in [0, 0.05) is 36.1 Å². The van der Waals surface area contributed by atoms with Crippen LogP contribution in [0.2, 0.25) is 0 Å². The van der Waals surface area contributed by atoms with Gasteiger partial charge in [0.25, 0.3) is 0 Å². The van der Waals surface area contributed by atoms with E-state index in [0.717, 1.165) is 13.1 Å². The fourth-order valence-corrected chi connectivity index (χ4v) is 2.31. The second-order valence-corrected chi connectivity index (χ2v) is 4.98. The average molecular weight is 221 g/mol. The average Bonchev–Trinajstić information content (AvgIpc) is 2.77. The molecule has 1 N–H and O–H groups in total. The predicted octanol–water partition coefficient (Wildman–Crippen LogP) is 2.08. The summed E-state index contributed by atoms with van der Waals surface area (Å²) in [5, 5.41) is 3.41. The fourth-order valence-electron chi connectivity index (χ4n) is 1.45. The first kappa shape index (κ1) is 10.4. The van der Waals surface area contributed by atoms with E-state index in [2.05, 4.69) is 29.4 Å². The number of aryl methyl sites for hydroxylation is 2. The number of hydrogen-bond acceptors (Lipinski definition) is 3. The Morgan fingerprint density at radius 3 is 2.87 bits per heavy atom. The first-order chi connectivity index (χ1) is 7.25. The lowest BCUT2D eigenvalue weighted by molar-refractivity contribution is 0.660. The van der Waals surface area contributed by atoms with Gasteiger partial charge in [-0.3, -0.25) is 0 Å². The zero-order valence-electron chi connectivity index (χ0n) is 9.03. The van der Waals surface area contributed by atoms with Crippen molar-refractivity contribution in [3.8, 4) is 0 Å². The van der Waals surface area contributed by atoms with E-state index in [1.807, 2.05) is 35.5 Å². The molecule has 0 radical (unpaired) electrons. The van der Waals surface area contributed by atoms with Crippen LogP contribution in [0.3, 0.4) is 0 Å². The zero-order chi connectivity index (χ0) is 10.7. The Labute approximate surface area is 93.8 Å². The normalized spacial score (nSPS) is 10.8. The lowest BCUT2D eigenvalue weighted by Crippen LogP contribution is -2.13. The highest BCUT2D eigenvalue weighted by atomic mass is 32.1. The van der Waals surface area contributed by atoms with Crippen molar-refractivity contribution in [3.05, 3.63) is 40.1 Å². The van der Waals surface area contributed by atoms with Crippen LogP contribution in [0.15, 0.2) is 24.7 Å². The van der Waals surface area contributed by atoms with Crippen LogP contribution in [0.1, 0.15) is 15.4 Å². The van der Waals surface area contributed by atoms with Crippen LogP contribution in [0.25, 0.3) is 0 Å². The maximum Gasteiger partial charge on any atom is 0.0945 e. The Kier molecular flexibility index (Phi) is 3.18. The van der Waals surface area contributed by atoms with Crippen LogP contribution in [-0.2, 0) is 20.1 Å². The molecule has 2 aromatic rings. The summed E-state index contributed by atoms with van der Waals surface area (Å²) >= 11 is 1.84. The molecular formula is C11H15N3S. The van der Waals surface area contributed by atoms with Crippen molar-refractivity contribution in [2.75, 3.05) is 0 Å². The summed E-state index contributed by atoms with van der Waals surface area (Å²) in [7, 11) is 2.01. The molecule has 0 unspecified atom stereocenters. The van der Waals surface area contributed by atoms with E-state index in [1.165, 1.54) is 15.4 Å². The summed E-state index contributed by atoms with van der Waals surface area (Å²) in [5.74, 6) is 0. The van der Waals surface area contributed by atoms with Gasteiger partial charge < -0.3 is 9.88 Å². The van der Waals surface area contributed by atoms with E-state index in [1.54, 1.807) is 0 Å². The molecular weight excluding hydrogens is 206 g/mol. The topological polar surface area (TPSA) is 29.9 Å². The van der Waals surface area contributed by atoms with Gasteiger partial charge in [0.05, 0.1) is 12.0 Å². The van der Waals surface area contributed by atoms with Crippen molar-refractivity contribution in [2.45, 2.75) is 20.0 Å². The summed E-state index contributed by atoms with van der Waals surface area (Å²) in [4.78, 5) is 6.83. The molecule has 0 aliphatic rings. The fraction of sp³-hybridized carbons (Fsp3) is 0.364. The third kappa shape index (κ3) is 2.67. The van der Waals surface area contributed by atoms with Crippen molar-refractivity contribution < 1.29 is 0 Å². The summed E-state index contributed by atoms with van der Waals surface area (Å²) in [6.45, 7) is 3.94. The zero-order valence-corrected chi connectivity index (χ0v) is 9.84. The highest BCUT2D eigenvalue weighted by molar-refractivity contribution is 7.11. The Morgan fingerprint density at radius 2 is 2.27 bits per heavy atom. The molecule has 4 heteroatoms. The Balaban J connectivity index is 1.83. The summed E-state index contributed by atoms with van der Waals surface area (Å²) in [6, 6.07) is 4.34. The molecule has 2 rings (SSSR count). The third-order valence-corrected chi connectivity index (χ3v) is 3.32. The van der Waals surface area contributed by atoms with Crippen molar-refractivity contribution in [1.29, 1.82) is 0 Å². The Hall–Kier alpha value is -1.13. The van der Waals surface area contributed by atoms with Crippen LogP contribution in [0, 0.1) is 6.92 Å². The van der Waals surface area contributed by atoms with E-state index < -0.39 is 0 Å². The maximum absolute atomic E-state index is 4.08. The van der Waals surface area contributed by atoms with Crippen LogP contribution < -0.4 is 5.32 Å². The van der Waals surface area contributed by atoms with Crippen LogP contribution in [0.4, 0.5) is 0 Å². The van der Waals surface area contributed by atoms with Crippen LogP contribution >= 0.6 is 11.3 Å². The molecule has 0 atom stereocenters. The van der Waals surface area contributed by atoms with Gasteiger partial charge in [0.15, 0.2) is 0 Å². The summed E-state index contributed by atoms with van der Waals surface area (Å²) in [5.41, 5.74) is 1.21. The molecule has 0 saturated heterocycles. The van der Waals surface area contributed by atoms with E-state index in [-0.39, 0.29) is 0 Å². The second-order valence-electron chi connectivity index (χ2n) is 3.61. The number of hydrogen-bond donors (Lipinski definition) is 1. The second kappa shape index (κ2) is 4.59. The highest BCUT2D eigenvalue weighted by Gasteiger charge is 1.99. The molecule has 3 nitrogen and oxygen atoms in total. The molecule has 0 spiro atoms. The predicted molar refractivity (Wildman–Crippen MR) is 62.8 cm³/mol. The molecule has 0 fully saturated rings. The van der Waals surface area contributed by atoms with Gasteiger partial charge >= 0.3 is 0 Å². The monoisotopic (exact) mass is 221 g/mol. The van der Waals surface area contributed by atoms with Crippen LogP contribution in [0.5, 0.6) is 0 Å². The van der Waals surface area contributed by atoms with Crippen molar-refractivity contribution in [3.63, 3.8) is 0 Å². The van der Waals surface area contributed by atoms with E-state index in [9.17, 15) is 0 Å². The smallest absolute Gasteiger partial charge is 0.0945 e. The third-order valence-electron chi connectivity index (χ3n) is 2.32. The molecule has 80 valence electrons. The minimum Gasteiger partial charge on any atom is -0.337 e. The lowest BCUT2D eigenvalue weighted by Gasteiger charge is -2.03. The van der Waals surface area contributed by atoms with Gasteiger partial charge in [-0.2, -0.15) is 0 Å². The van der Waals surface area contributed by atoms with Gasteiger partial charge in [0.1, 0.15) is 0 Å². The quantitative estimate of drug-likeness (QED) is 0.856. The number of imidazole rings is 1. The Bertz CT molecular complexity index is 430. The minimum atomic E-state index is 0.868. The number of thiophene rings is 1. The van der Waals surface area contributed by atoms with E-state index >= 15 is 0 Å². The number of nitrogens with one attached hydrogen (secondary N) is 1. The summed E-state index contributed by atoms with van der Waals surface area (Å²) < 4.78 is 2.03. The molecule has 0 aliphatic heterocycles. The SMILES string of the molecule is Cc1ccc(CNCc2cncn2C)s1. The Morgan fingerprint density at radius 1 is 1.40 bits per heavy atom. The van der Waals surface area contributed by atoms with Gasteiger partial charge in [0.2, 0.25) is 0 Å². The summed E-state index contributed by atoms with van der Waals surface area (Å²) in [6.07, 6.45) is 3.72. The number of aromatic nitrogens is 2. The van der Waals surface area contributed by atoms with Crippen LogP contribution in [-0.4, -0.2) is 9.55 Å². The lowest BCUT2D eigenvalue weighted by atomic mass is 10.4. The molecule has 0 aliphatic carbocycles. The van der Waals surface area contributed by atoms with E-state index in [4.69, 9.17) is 0 Å². The first-order valence-corrected chi connectivity index (χ1v) is 5.78. The van der Waals surface area contributed by atoms with Gasteiger partial charge in [-0.15, -0.1) is 11.3 Å². The number of rotatable bonds is 4. The maximum atomic E-state index is 4.08. The molecule has 2 aromatic heterocycles. The van der Waals surface area contributed by atoms with Gasteiger partial charge in [-0.05, 0) is 19.1 Å². The minimum absolute atomic E-state index is 0.868. The largest absolute Gasteiger partial charge is 0.337 e. The molecule has 0 amide bonds. The highest BCUT2D eigenvalue weighted by Crippen LogP contribution is 2.14. The van der Waals surface area contributed by atoms with Crippen molar-refractivity contribution in [2.24, 2.45) is 7.05 Å². The molecule has 0 bridgehead atoms. The first-order valence-electron chi connectivity index (χ1n) is 4.97. The van der Waals surface area contributed by atoms with Gasteiger partial charge in [-0.1, -0.05) is 0 Å². The standard InChI is InChI=1S/C11H15N3S/c1-9-3-4-11(15-9)7-12-5-10-6-13-8-14(10)2/h3-4,6,8,12H,5,7H2,1-2H3. The van der Waals surface area contributed by atoms with E-state index in [0.29, 0.717) is 0 Å².